The van der Waals surface area contributed by atoms with Gasteiger partial charge in [-0.25, -0.2) is 0 Å². The maximum Gasteiger partial charge on any atom is 0.0417 e. The zero-order chi connectivity index (χ0) is 12.4. The maximum absolute atomic E-state index is 5.92. The molecule has 0 unspecified atom stereocenters. The molecule has 0 spiro atoms. The van der Waals surface area contributed by atoms with Crippen molar-refractivity contribution in [2.24, 2.45) is 0 Å². The molecule has 0 bridgehead atoms. The van der Waals surface area contributed by atoms with Gasteiger partial charge < -0.3 is 0 Å². The summed E-state index contributed by atoms with van der Waals surface area (Å²) in [6.45, 7) is 0. The molecule has 0 saturated heterocycles. The zero-order valence-electron chi connectivity index (χ0n) is 8.68. The number of rotatable bonds is 2. The number of halogens is 4. The van der Waals surface area contributed by atoms with Gasteiger partial charge in [0, 0.05) is 19.0 Å². The van der Waals surface area contributed by atoms with Gasteiger partial charge in [-0.1, -0.05) is 67.2 Å². The highest BCUT2D eigenvalue weighted by molar-refractivity contribution is 9.10. The molecule has 88 valence electrons. The van der Waals surface area contributed by atoms with Crippen LogP contribution in [0.15, 0.2) is 45.3 Å². The van der Waals surface area contributed by atoms with E-state index in [4.69, 9.17) is 23.2 Å². The monoisotopic (exact) mass is 392 g/mol. The second-order valence-corrected chi connectivity index (χ2v) is 6.23. The minimum Gasteiger partial charge on any atom is -0.0843 e. The Labute approximate surface area is 127 Å². The van der Waals surface area contributed by atoms with E-state index in [-0.39, 0.29) is 0 Å². The molecule has 4 heteroatoms. The van der Waals surface area contributed by atoms with Crippen LogP contribution in [0.4, 0.5) is 0 Å². The first-order chi connectivity index (χ1) is 8.06. The number of hydrogen-bond donors (Lipinski definition) is 0. The highest BCUT2D eigenvalue weighted by Crippen LogP contribution is 2.28. The van der Waals surface area contributed by atoms with Gasteiger partial charge in [0.05, 0.1) is 0 Å². The van der Waals surface area contributed by atoms with Gasteiger partial charge in [-0.3, -0.25) is 0 Å². The normalized spacial score (nSPS) is 10.6. The van der Waals surface area contributed by atoms with Gasteiger partial charge in [0.25, 0.3) is 0 Å². The second-order valence-electron chi connectivity index (χ2n) is 3.65. The van der Waals surface area contributed by atoms with Crippen LogP contribution in [-0.2, 0) is 6.42 Å². The Hall–Kier alpha value is -0.0200. The Balaban J connectivity index is 2.31. The van der Waals surface area contributed by atoms with Crippen molar-refractivity contribution in [2.45, 2.75) is 6.42 Å². The predicted molar refractivity (Wildman–Crippen MR) is 81.1 cm³/mol. The molecule has 2 aromatic rings. The van der Waals surface area contributed by atoms with Gasteiger partial charge in [-0.05, 0) is 41.8 Å². The van der Waals surface area contributed by atoms with E-state index in [1.165, 1.54) is 11.1 Å². The third-order valence-corrected chi connectivity index (χ3v) is 4.36. The van der Waals surface area contributed by atoms with E-state index in [0.29, 0.717) is 0 Å². The summed E-state index contributed by atoms with van der Waals surface area (Å²) >= 11 is 18.9. The van der Waals surface area contributed by atoms with E-state index < -0.39 is 0 Å². The molecule has 0 radical (unpaired) electrons. The van der Waals surface area contributed by atoms with Crippen LogP contribution in [0.25, 0.3) is 0 Å². The van der Waals surface area contributed by atoms with Crippen molar-refractivity contribution < 1.29 is 0 Å². The van der Waals surface area contributed by atoms with E-state index in [1.807, 2.05) is 36.4 Å². The number of benzene rings is 2. The molecule has 17 heavy (non-hydrogen) atoms. The van der Waals surface area contributed by atoms with Crippen molar-refractivity contribution in [1.82, 2.24) is 0 Å². The SMILES string of the molecule is Clc1ccc(Cc2ccc(Cl)cc2Br)c(Br)c1. The van der Waals surface area contributed by atoms with Crippen LogP contribution in [0.5, 0.6) is 0 Å². The molecule has 0 amide bonds. The zero-order valence-corrected chi connectivity index (χ0v) is 13.4. The van der Waals surface area contributed by atoms with Crippen LogP contribution in [0, 0.1) is 0 Å². The van der Waals surface area contributed by atoms with Crippen molar-refractivity contribution in [3.8, 4) is 0 Å². The highest BCUT2D eigenvalue weighted by atomic mass is 79.9. The summed E-state index contributed by atoms with van der Waals surface area (Å²) in [5, 5.41) is 1.46. The van der Waals surface area contributed by atoms with Gasteiger partial charge in [0.1, 0.15) is 0 Å². The molecule has 2 aromatic carbocycles. The largest absolute Gasteiger partial charge is 0.0843 e. The molecule has 0 atom stereocenters. The fourth-order valence-electron chi connectivity index (χ4n) is 1.54. The third kappa shape index (κ3) is 3.47. The molecular weight excluding hydrogens is 387 g/mol. The van der Waals surface area contributed by atoms with Gasteiger partial charge >= 0.3 is 0 Å². The van der Waals surface area contributed by atoms with Crippen LogP contribution in [0.3, 0.4) is 0 Å². The Kier molecular flexibility index (Phi) is 4.53. The van der Waals surface area contributed by atoms with Crippen LogP contribution >= 0.6 is 55.1 Å². The Bertz CT molecular complexity index is 504. The minimum atomic E-state index is 0.732. The summed E-state index contributed by atoms with van der Waals surface area (Å²) in [5.74, 6) is 0. The molecule has 0 heterocycles. The molecular formula is C13H8Br2Cl2. The molecule has 0 aliphatic carbocycles. The first-order valence-corrected chi connectivity index (χ1v) is 7.28. The molecule has 0 N–H and O–H groups in total. The lowest BCUT2D eigenvalue weighted by Crippen LogP contribution is -1.91. The van der Waals surface area contributed by atoms with Crippen LogP contribution in [0.1, 0.15) is 11.1 Å². The Morgan fingerprint density at radius 2 is 1.18 bits per heavy atom. The van der Waals surface area contributed by atoms with Crippen LogP contribution < -0.4 is 0 Å². The van der Waals surface area contributed by atoms with Crippen molar-refractivity contribution in [2.75, 3.05) is 0 Å². The Morgan fingerprint density at radius 1 is 0.765 bits per heavy atom. The minimum absolute atomic E-state index is 0.732. The average molecular weight is 395 g/mol. The van der Waals surface area contributed by atoms with Crippen molar-refractivity contribution >= 4 is 55.1 Å². The molecule has 0 fully saturated rings. The molecule has 2 rings (SSSR count). The lowest BCUT2D eigenvalue weighted by molar-refractivity contribution is 1.17. The molecule has 0 aromatic heterocycles. The molecule has 0 nitrogen and oxygen atoms in total. The van der Waals surface area contributed by atoms with Crippen LogP contribution in [0.2, 0.25) is 10.0 Å². The molecule has 0 aliphatic rings. The quantitative estimate of drug-likeness (QED) is 0.576. The van der Waals surface area contributed by atoms with Crippen molar-refractivity contribution in [1.29, 1.82) is 0 Å². The average Bonchev–Trinajstić information content (AvgIpc) is 2.25. The summed E-state index contributed by atoms with van der Waals surface area (Å²) in [5.41, 5.74) is 2.38. The first kappa shape index (κ1) is 13.4. The molecule has 0 saturated carbocycles. The first-order valence-electron chi connectivity index (χ1n) is 4.94. The number of hydrogen-bond acceptors (Lipinski definition) is 0. The topological polar surface area (TPSA) is 0 Å². The fourth-order valence-corrected chi connectivity index (χ4v) is 3.18. The van der Waals surface area contributed by atoms with E-state index in [1.54, 1.807) is 0 Å². The van der Waals surface area contributed by atoms with E-state index in [2.05, 4.69) is 31.9 Å². The van der Waals surface area contributed by atoms with E-state index >= 15 is 0 Å². The van der Waals surface area contributed by atoms with Gasteiger partial charge in [-0.2, -0.15) is 0 Å². The van der Waals surface area contributed by atoms with E-state index in [9.17, 15) is 0 Å². The third-order valence-electron chi connectivity index (χ3n) is 2.41. The van der Waals surface area contributed by atoms with Gasteiger partial charge in [0.15, 0.2) is 0 Å². The van der Waals surface area contributed by atoms with E-state index in [0.717, 1.165) is 25.4 Å². The van der Waals surface area contributed by atoms with Crippen LogP contribution in [-0.4, -0.2) is 0 Å². The Morgan fingerprint density at radius 3 is 1.53 bits per heavy atom. The smallest absolute Gasteiger partial charge is 0.0417 e. The molecule has 0 aliphatic heterocycles. The highest BCUT2D eigenvalue weighted by Gasteiger charge is 2.05. The van der Waals surface area contributed by atoms with Gasteiger partial charge in [0.2, 0.25) is 0 Å². The van der Waals surface area contributed by atoms with Crippen molar-refractivity contribution in [3.63, 3.8) is 0 Å². The maximum atomic E-state index is 5.92. The van der Waals surface area contributed by atoms with Gasteiger partial charge in [-0.15, -0.1) is 0 Å². The second kappa shape index (κ2) is 5.75. The lowest BCUT2D eigenvalue weighted by Gasteiger charge is -2.07. The summed E-state index contributed by atoms with van der Waals surface area (Å²) in [7, 11) is 0. The fraction of sp³-hybridized carbons (Fsp3) is 0.0769. The predicted octanol–water partition coefficient (Wildman–Crippen LogP) is 6.11. The lowest BCUT2D eigenvalue weighted by atomic mass is 10.1. The summed E-state index contributed by atoms with van der Waals surface area (Å²) in [6.07, 6.45) is 0.829. The summed E-state index contributed by atoms with van der Waals surface area (Å²) in [4.78, 5) is 0. The van der Waals surface area contributed by atoms with Crippen molar-refractivity contribution in [3.05, 3.63) is 66.5 Å². The standard InChI is InChI=1S/C13H8Br2Cl2/c14-12-6-10(16)3-1-8(12)5-9-2-4-11(17)7-13(9)15/h1-4,6-7H,5H2. The summed E-state index contributed by atoms with van der Waals surface area (Å²) in [6, 6.07) is 11.6. The summed E-state index contributed by atoms with van der Waals surface area (Å²) < 4.78 is 2.04.